The fourth-order valence-corrected chi connectivity index (χ4v) is 3.52. The van der Waals surface area contributed by atoms with Crippen molar-refractivity contribution in [1.29, 1.82) is 0 Å². The summed E-state index contributed by atoms with van der Waals surface area (Å²) >= 11 is 0. The van der Waals surface area contributed by atoms with E-state index in [4.69, 9.17) is 10.5 Å². The number of hydrogen-bond donors (Lipinski definition) is 1. The van der Waals surface area contributed by atoms with Gasteiger partial charge in [0.1, 0.15) is 5.25 Å². The molecule has 1 fully saturated rings. The van der Waals surface area contributed by atoms with E-state index < -0.39 is 16.0 Å². The second kappa shape index (κ2) is 6.37. The summed E-state index contributed by atoms with van der Waals surface area (Å²) in [7, 11) is -1.39. The Morgan fingerprint density at radius 2 is 2.05 bits per heavy atom. The predicted molar refractivity (Wildman–Crippen MR) is 78.9 cm³/mol. The van der Waals surface area contributed by atoms with Crippen LogP contribution in [0.3, 0.4) is 0 Å². The van der Waals surface area contributed by atoms with Crippen LogP contribution >= 0.6 is 0 Å². The highest BCUT2D eigenvalue weighted by Gasteiger charge is 2.28. The molecular weight excluding hydrogens is 276 g/mol. The Hall–Kier alpha value is -1.40. The van der Waals surface area contributed by atoms with Gasteiger partial charge in [0.2, 0.25) is 5.91 Å². The van der Waals surface area contributed by atoms with Gasteiger partial charge < -0.3 is 15.4 Å². The summed E-state index contributed by atoms with van der Waals surface area (Å²) in [4.78, 5) is 14.7. The zero-order valence-electron chi connectivity index (χ0n) is 11.8. The van der Waals surface area contributed by atoms with E-state index in [9.17, 15) is 9.00 Å². The molecular formula is C14H20N2O3S. The summed E-state index contributed by atoms with van der Waals surface area (Å²) in [5, 5.41) is -0.575. The van der Waals surface area contributed by atoms with Crippen molar-refractivity contribution < 1.29 is 13.7 Å². The van der Waals surface area contributed by atoms with Crippen LogP contribution in [0, 0.1) is 6.92 Å². The lowest BCUT2D eigenvalue weighted by atomic mass is 10.2. The molecule has 0 saturated carbocycles. The average molecular weight is 296 g/mol. The zero-order valence-corrected chi connectivity index (χ0v) is 12.6. The molecule has 110 valence electrons. The minimum Gasteiger partial charge on any atom is -0.398 e. The van der Waals surface area contributed by atoms with Gasteiger partial charge in [-0.15, -0.1) is 0 Å². The Bertz CT molecular complexity index is 527. The van der Waals surface area contributed by atoms with Gasteiger partial charge in [-0.1, -0.05) is 6.07 Å². The number of nitrogen functional groups attached to an aromatic ring is 1. The number of morpholine rings is 1. The highest BCUT2D eigenvalue weighted by Crippen LogP contribution is 2.22. The van der Waals surface area contributed by atoms with E-state index in [0.29, 0.717) is 36.9 Å². The summed E-state index contributed by atoms with van der Waals surface area (Å²) in [5.74, 6) is -0.0894. The molecule has 2 rings (SSSR count). The first-order chi connectivity index (χ1) is 9.52. The number of nitrogens with two attached hydrogens (primary N) is 1. The maximum atomic E-state index is 12.6. The van der Waals surface area contributed by atoms with Crippen molar-refractivity contribution in [2.45, 2.75) is 24.0 Å². The summed E-state index contributed by atoms with van der Waals surface area (Å²) in [5.41, 5.74) is 7.21. The maximum absolute atomic E-state index is 12.6. The van der Waals surface area contributed by atoms with Crippen LogP contribution in [0.15, 0.2) is 23.1 Å². The lowest BCUT2D eigenvalue weighted by molar-refractivity contribution is -0.134. The Morgan fingerprint density at radius 3 is 2.70 bits per heavy atom. The quantitative estimate of drug-likeness (QED) is 0.842. The summed E-state index contributed by atoms with van der Waals surface area (Å²) < 4.78 is 17.8. The molecule has 0 aliphatic carbocycles. The number of hydrogen-bond acceptors (Lipinski definition) is 4. The van der Waals surface area contributed by atoms with Crippen molar-refractivity contribution in [2.24, 2.45) is 0 Å². The molecule has 0 bridgehead atoms. The highest BCUT2D eigenvalue weighted by molar-refractivity contribution is 7.86. The maximum Gasteiger partial charge on any atom is 0.238 e. The number of carbonyl (C=O) groups excluding carboxylic acids is 1. The normalized spacial score (nSPS) is 18.6. The number of carbonyl (C=O) groups is 1. The van der Waals surface area contributed by atoms with E-state index in [0.717, 1.165) is 5.56 Å². The first-order valence-corrected chi connectivity index (χ1v) is 7.86. The third kappa shape index (κ3) is 3.02. The summed E-state index contributed by atoms with van der Waals surface area (Å²) in [6, 6.07) is 5.30. The van der Waals surface area contributed by atoms with Crippen LogP contribution in [0.4, 0.5) is 5.69 Å². The van der Waals surface area contributed by atoms with Crippen LogP contribution in [0.5, 0.6) is 0 Å². The molecule has 2 unspecified atom stereocenters. The molecule has 6 heteroatoms. The van der Waals surface area contributed by atoms with Gasteiger partial charge in [0.05, 0.1) is 24.0 Å². The van der Waals surface area contributed by atoms with Crippen LogP contribution in [0.25, 0.3) is 0 Å². The molecule has 1 saturated heterocycles. The Labute approximate surface area is 121 Å². The Morgan fingerprint density at radius 1 is 1.40 bits per heavy atom. The van der Waals surface area contributed by atoms with Gasteiger partial charge in [-0.2, -0.15) is 0 Å². The van der Waals surface area contributed by atoms with Crippen molar-refractivity contribution >= 4 is 22.4 Å². The molecule has 0 spiro atoms. The average Bonchev–Trinajstić information content (AvgIpc) is 2.48. The molecule has 0 aromatic heterocycles. The number of benzene rings is 1. The van der Waals surface area contributed by atoms with Crippen molar-refractivity contribution in [1.82, 2.24) is 4.90 Å². The van der Waals surface area contributed by atoms with Crippen molar-refractivity contribution in [2.75, 3.05) is 32.0 Å². The molecule has 1 aromatic carbocycles. The molecule has 5 nitrogen and oxygen atoms in total. The van der Waals surface area contributed by atoms with Gasteiger partial charge in [-0.25, -0.2) is 0 Å². The second-order valence-electron chi connectivity index (χ2n) is 4.85. The van der Waals surface area contributed by atoms with Crippen LogP contribution in [-0.2, 0) is 20.3 Å². The van der Waals surface area contributed by atoms with Crippen molar-refractivity contribution in [3.8, 4) is 0 Å². The number of ether oxygens (including phenoxy) is 1. The van der Waals surface area contributed by atoms with Gasteiger partial charge in [-0.3, -0.25) is 9.00 Å². The van der Waals surface area contributed by atoms with Crippen molar-refractivity contribution in [3.05, 3.63) is 23.8 Å². The SMILES string of the molecule is Cc1c(N)cccc1S(=O)C(C)C(=O)N1CCOCC1. The molecule has 1 aliphatic heterocycles. The van der Waals surface area contributed by atoms with Gasteiger partial charge in [0.25, 0.3) is 0 Å². The Balaban J connectivity index is 2.15. The fourth-order valence-electron chi connectivity index (χ4n) is 2.17. The lowest BCUT2D eigenvalue weighted by Gasteiger charge is -2.29. The number of amides is 1. The first-order valence-electron chi connectivity index (χ1n) is 6.64. The lowest BCUT2D eigenvalue weighted by Crippen LogP contribution is -2.46. The van der Waals surface area contributed by atoms with E-state index in [-0.39, 0.29) is 5.91 Å². The van der Waals surface area contributed by atoms with Crippen molar-refractivity contribution in [3.63, 3.8) is 0 Å². The van der Waals surface area contributed by atoms with Gasteiger partial charge >= 0.3 is 0 Å². The largest absolute Gasteiger partial charge is 0.398 e. The molecule has 2 atom stereocenters. The highest BCUT2D eigenvalue weighted by atomic mass is 32.2. The molecule has 0 radical (unpaired) electrons. The first kappa shape index (κ1) is 15.0. The molecule has 1 amide bonds. The van der Waals surface area contributed by atoms with Crippen LogP contribution < -0.4 is 5.73 Å². The summed E-state index contributed by atoms with van der Waals surface area (Å²) in [6.45, 7) is 5.75. The zero-order chi connectivity index (χ0) is 14.7. The van der Waals surface area contributed by atoms with Crippen LogP contribution in [0.2, 0.25) is 0 Å². The van der Waals surface area contributed by atoms with Gasteiger partial charge in [-0.05, 0) is 31.5 Å². The van der Waals surface area contributed by atoms with Gasteiger partial charge in [0.15, 0.2) is 0 Å². The molecule has 2 N–H and O–H groups in total. The third-order valence-corrected chi connectivity index (χ3v) is 5.25. The minimum atomic E-state index is -1.39. The molecule has 1 aliphatic rings. The fraction of sp³-hybridized carbons (Fsp3) is 0.500. The monoisotopic (exact) mass is 296 g/mol. The van der Waals surface area contributed by atoms with E-state index in [1.807, 2.05) is 6.92 Å². The topological polar surface area (TPSA) is 72.6 Å². The van der Waals surface area contributed by atoms with E-state index >= 15 is 0 Å². The standard InChI is InChI=1S/C14H20N2O3S/c1-10-12(15)4-3-5-13(10)20(18)11(2)14(17)16-6-8-19-9-7-16/h3-5,11H,6-9,15H2,1-2H3. The van der Waals surface area contributed by atoms with E-state index in [2.05, 4.69) is 0 Å². The molecule has 1 aromatic rings. The third-order valence-electron chi connectivity index (χ3n) is 3.53. The molecule has 20 heavy (non-hydrogen) atoms. The summed E-state index contributed by atoms with van der Waals surface area (Å²) in [6.07, 6.45) is 0. The smallest absolute Gasteiger partial charge is 0.238 e. The number of rotatable bonds is 3. The minimum absolute atomic E-state index is 0.0894. The van der Waals surface area contributed by atoms with E-state index in [1.54, 1.807) is 30.0 Å². The van der Waals surface area contributed by atoms with Crippen LogP contribution in [-0.4, -0.2) is 46.6 Å². The van der Waals surface area contributed by atoms with E-state index in [1.165, 1.54) is 0 Å². The molecule has 1 heterocycles. The Kier molecular flexibility index (Phi) is 4.77. The predicted octanol–water partition coefficient (Wildman–Crippen LogP) is 0.932. The van der Waals surface area contributed by atoms with Crippen LogP contribution in [0.1, 0.15) is 12.5 Å². The van der Waals surface area contributed by atoms with Gasteiger partial charge in [0, 0.05) is 23.7 Å². The number of nitrogens with zero attached hydrogens (tertiary/aromatic N) is 1. The second-order valence-corrected chi connectivity index (χ2v) is 6.59. The number of anilines is 1.